The number of carbonyl (C=O) groups is 2. The third-order valence-electron chi connectivity index (χ3n) is 8.08. The Kier molecular flexibility index (Phi) is 10.6. The minimum absolute atomic E-state index is 0.0647. The van der Waals surface area contributed by atoms with Crippen LogP contribution in [0, 0.1) is 17.7 Å². The highest BCUT2D eigenvalue weighted by molar-refractivity contribution is 5.77. The smallest absolute Gasteiger partial charge is 0.315 e. The number of nitrogens with zero attached hydrogens (tertiary/aromatic N) is 3. The zero-order chi connectivity index (χ0) is 26.0. The molecule has 3 aliphatic rings. The summed E-state index contributed by atoms with van der Waals surface area (Å²) in [5.74, 6) is 0.812. The van der Waals surface area contributed by atoms with Crippen LogP contribution in [0.3, 0.4) is 0 Å². The molecule has 9 heteroatoms. The summed E-state index contributed by atoms with van der Waals surface area (Å²) < 4.78 is 18.7. The Morgan fingerprint density at radius 1 is 1.03 bits per heavy atom. The van der Waals surface area contributed by atoms with Crippen LogP contribution in [-0.2, 0) is 16.0 Å². The van der Waals surface area contributed by atoms with Gasteiger partial charge < -0.3 is 25.2 Å². The topological polar surface area (TPSA) is 77.2 Å². The van der Waals surface area contributed by atoms with Gasteiger partial charge in [0.1, 0.15) is 5.82 Å². The van der Waals surface area contributed by atoms with Crippen LogP contribution in [0.2, 0.25) is 0 Å². The van der Waals surface area contributed by atoms with Crippen LogP contribution < -0.4 is 10.6 Å². The van der Waals surface area contributed by atoms with E-state index in [0.717, 1.165) is 78.3 Å². The molecular weight excluding hydrogens is 473 g/mol. The lowest BCUT2D eigenvalue weighted by Gasteiger charge is -2.42. The molecule has 0 saturated carbocycles. The van der Waals surface area contributed by atoms with Crippen molar-refractivity contribution in [3.63, 3.8) is 0 Å². The monoisotopic (exact) mass is 517 g/mol. The summed E-state index contributed by atoms with van der Waals surface area (Å²) in [6.07, 6.45) is 4.68. The number of ether oxygens (including phenoxy) is 1. The number of piperidine rings is 2. The highest BCUT2D eigenvalue weighted by Gasteiger charge is 2.34. The molecule has 1 aromatic carbocycles. The fourth-order valence-electron chi connectivity index (χ4n) is 5.97. The molecule has 0 aromatic heterocycles. The molecule has 3 heterocycles. The van der Waals surface area contributed by atoms with Gasteiger partial charge in [0.2, 0.25) is 5.91 Å². The first-order valence-corrected chi connectivity index (χ1v) is 14.1. The molecule has 3 aliphatic heterocycles. The Bertz CT molecular complexity index is 864. The molecule has 0 spiro atoms. The van der Waals surface area contributed by atoms with Gasteiger partial charge in [0.05, 0.1) is 19.3 Å². The lowest BCUT2D eigenvalue weighted by atomic mass is 9.87. The normalized spacial score (nSPS) is 25.6. The number of benzene rings is 1. The third kappa shape index (κ3) is 8.65. The minimum Gasteiger partial charge on any atom is -0.379 e. The largest absolute Gasteiger partial charge is 0.379 e. The molecular formula is C28H44FN5O3. The maximum atomic E-state index is 13.3. The van der Waals surface area contributed by atoms with Gasteiger partial charge in [-0.25, -0.2) is 9.18 Å². The number of nitrogens with one attached hydrogen (secondary N) is 2. The van der Waals surface area contributed by atoms with Gasteiger partial charge in [-0.15, -0.1) is 0 Å². The number of hydrogen-bond donors (Lipinski definition) is 2. The number of hydrogen-bond acceptors (Lipinski definition) is 5. The Hall–Kier alpha value is -2.23. The Balaban J connectivity index is 1.29. The fraction of sp³-hybridized carbons (Fsp3) is 0.714. The average molecular weight is 518 g/mol. The van der Waals surface area contributed by atoms with E-state index in [9.17, 15) is 14.0 Å². The van der Waals surface area contributed by atoms with Gasteiger partial charge in [0.15, 0.2) is 0 Å². The van der Waals surface area contributed by atoms with E-state index in [4.69, 9.17) is 4.74 Å². The van der Waals surface area contributed by atoms with E-state index in [1.165, 1.54) is 12.0 Å². The molecule has 4 rings (SSSR count). The molecule has 0 aliphatic carbocycles. The van der Waals surface area contributed by atoms with Crippen molar-refractivity contribution in [1.82, 2.24) is 25.3 Å². The number of amides is 3. The quantitative estimate of drug-likeness (QED) is 0.526. The molecule has 0 radical (unpaired) electrons. The van der Waals surface area contributed by atoms with Crippen molar-refractivity contribution in [2.45, 2.75) is 45.1 Å². The van der Waals surface area contributed by atoms with Crippen LogP contribution in [0.4, 0.5) is 9.18 Å². The first-order chi connectivity index (χ1) is 18.0. The van der Waals surface area contributed by atoms with Crippen LogP contribution in [0.1, 0.15) is 38.2 Å². The summed E-state index contributed by atoms with van der Waals surface area (Å²) in [6, 6.07) is 6.67. The molecule has 3 amide bonds. The van der Waals surface area contributed by atoms with Crippen LogP contribution in [-0.4, -0.2) is 105 Å². The summed E-state index contributed by atoms with van der Waals surface area (Å²) in [6.45, 7) is 10.9. The van der Waals surface area contributed by atoms with Gasteiger partial charge in [-0.3, -0.25) is 9.69 Å². The van der Waals surface area contributed by atoms with E-state index in [1.807, 2.05) is 24.0 Å². The van der Waals surface area contributed by atoms with Gasteiger partial charge in [-0.2, -0.15) is 0 Å². The number of rotatable bonds is 9. The predicted octanol–water partition coefficient (Wildman–Crippen LogP) is 2.34. The molecule has 3 fully saturated rings. The Labute approximate surface area is 220 Å². The van der Waals surface area contributed by atoms with Gasteiger partial charge in [0.25, 0.3) is 0 Å². The molecule has 37 heavy (non-hydrogen) atoms. The van der Waals surface area contributed by atoms with E-state index in [-0.39, 0.29) is 23.8 Å². The van der Waals surface area contributed by atoms with E-state index < -0.39 is 0 Å². The molecule has 0 unspecified atom stereocenters. The highest BCUT2D eigenvalue weighted by atomic mass is 19.1. The molecule has 0 bridgehead atoms. The van der Waals surface area contributed by atoms with Crippen molar-refractivity contribution >= 4 is 11.9 Å². The fourth-order valence-corrected chi connectivity index (χ4v) is 5.97. The molecule has 1 aromatic rings. The second-order valence-corrected chi connectivity index (χ2v) is 10.8. The van der Waals surface area contributed by atoms with E-state index in [0.29, 0.717) is 31.3 Å². The summed E-state index contributed by atoms with van der Waals surface area (Å²) in [5.41, 5.74) is 1.19. The summed E-state index contributed by atoms with van der Waals surface area (Å²) in [5, 5.41) is 6.23. The standard InChI is InChI=1S/C28H44FN5O3/c1-2-27(35)34-12-9-24(26(21-34)31-28(36)30-10-13-32-14-16-37-17-15-32)20-33-11-3-4-23(19-33)18-22-5-7-25(29)8-6-22/h5-8,23-24,26H,2-4,9-21H2,1H3,(H2,30,31,36)/t23-,24-,26-/m0/s1. The van der Waals surface area contributed by atoms with Crippen molar-refractivity contribution in [1.29, 1.82) is 0 Å². The molecule has 2 N–H and O–H groups in total. The maximum Gasteiger partial charge on any atom is 0.315 e. The van der Waals surface area contributed by atoms with E-state index in [2.05, 4.69) is 20.4 Å². The maximum absolute atomic E-state index is 13.3. The van der Waals surface area contributed by atoms with Crippen LogP contribution in [0.5, 0.6) is 0 Å². The first kappa shape index (κ1) is 27.8. The first-order valence-electron chi connectivity index (χ1n) is 14.1. The number of urea groups is 1. The number of morpholine rings is 1. The van der Waals surface area contributed by atoms with Crippen molar-refractivity contribution in [2.24, 2.45) is 11.8 Å². The van der Waals surface area contributed by atoms with Crippen LogP contribution in [0.25, 0.3) is 0 Å². The Morgan fingerprint density at radius 2 is 1.81 bits per heavy atom. The lowest BCUT2D eigenvalue weighted by molar-refractivity contribution is -0.132. The summed E-state index contributed by atoms with van der Waals surface area (Å²) in [4.78, 5) is 32.0. The molecule has 206 valence electrons. The highest BCUT2D eigenvalue weighted by Crippen LogP contribution is 2.25. The number of carbonyl (C=O) groups excluding carboxylic acids is 2. The number of likely N-dealkylation sites (tertiary alicyclic amines) is 2. The molecule has 3 saturated heterocycles. The van der Waals surface area contributed by atoms with E-state index in [1.54, 1.807) is 12.1 Å². The molecule has 8 nitrogen and oxygen atoms in total. The predicted molar refractivity (Wildman–Crippen MR) is 142 cm³/mol. The second kappa shape index (κ2) is 14.1. The zero-order valence-corrected chi connectivity index (χ0v) is 22.3. The number of halogens is 1. The SMILES string of the molecule is CCC(=O)N1CC[C@@H](CN2CCC[C@@H](Cc3ccc(F)cc3)C2)[C@@H](NC(=O)NCCN2CCOCC2)C1. The minimum atomic E-state index is -0.189. The Morgan fingerprint density at radius 3 is 2.57 bits per heavy atom. The van der Waals surface area contributed by atoms with Gasteiger partial charge in [-0.05, 0) is 61.8 Å². The van der Waals surface area contributed by atoms with Crippen LogP contribution in [0.15, 0.2) is 24.3 Å². The van der Waals surface area contributed by atoms with Crippen molar-refractivity contribution in [3.05, 3.63) is 35.6 Å². The van der Waals surface area contributed by atoms with Crippen molar-refractivity contribution < 1.29 is 18.7 Å². The van der Waals surface area contributed by atoms with Crippen molar-refractivity contribution in [3.8, 4) is 0 Å². The summed E-state index contributed by atoms with van der Waals surface area (Å²) >= 11 is 0. The summed E-state index contributed by atoms with van der Waals surface area (Å²) in [7, 11) is 0. The van der Waals surface area contributed by atoms with Gasteiger partial charge in [0, 0.05) is 58.8 Å². The van der Waals surface area contributed by atoms with Crippen molar-refractivity contribution in [2.75, 3.05) is 72.1 Å². The molecule has 3 atom stereocenters. The van der Waals surface area contributed by atoms with E-state index >= 15 is 0 Å². The second-order valence-electron chi connectivity index (χ2n) is 10.8. The lowest BCUT2D eigenvalue weighted by Crippen LogP contribution is -2.58. The average Bonchev–Trinajstić information content (AvgIpc) is 2.91. The van der Waals surface area contributed by atoms with Gasteiger partial charge >= 0.3 is 6.03 Å². The van der Waals surface area contributed by atoms with Gasteiger partial charge in [-0.1, -0.05) is 19.1 Å². The zero-order valence-electron chi connectivity index (χ0n) is 22.3. The third-order valence-corrected chi connectivity index (χ3v) is 8.08. The van der Waals surface area contributed by atoms with Crippen LogP contribution >= 0.6 is 0 Å².